The first-order valence-corrected chi connectivity index (χ1v) is 11.7. The summed E-state index contributed by atoms with van der Waals surface area (Å²) in [5.41, 5.74) is 1.14. The Morgan fingerprint density at radius 1 is 1.03 bits per heavy atom. The molecule has 168 valence electrons. The minimum atomic E-state index is -0.389. The number of nitrogens with zero attached hydrogens (tertiary/aromatic N) is 4. The number of hydrogen-bond donors (Lipinski definition) is 0. The fraction of sp³-hybridized carbons (Fsp3) is 0.375. The second-order valence-electron chi connectivity index (χ2n) is 8.29. The van der Waals surface area contributed by atoms with Crippen molar-refractivity contribution >= 4 is 15.9 Å². The first kappa shape index (κ1) is 22.6. The average molecular weight is 501 g/mol. The van der Waals surface area contributed by atoms with Gasteiger partial charge in [-0.2, -0.15) is 5.10 Å². The van der Waals surface area contributed by atoms with E-state index in [-0.39, 0.29) is 23.6 Å². The molecule has 0 amide bonds. The van der Waals surface area contributed by atoms with Gasteiger partial charge >= 0.3 is 5.69 Å². The van der Waals surface area contributed by atoms with Crippen LogP contribution in [0.4, 0.5) is 4.39 Å². The fourth-order valence-electron chi connectivity index (χ4n) is 4.20. The molecule has 6 nitrogen and oxygen atoms in total. The summed E-state index contributed by atoms with van der Waals surface area (Å²) in [5.74, 6) is 0.310. The molecule has 1 aliphatic rings. The number of likely N-dealkylation sites (tertiary alicyclic amines) is 1. The van der Waals surface area contributed by atoms with Crippen LogP contribution in [0, 0.1) is 11.7 Å². The Labute approximate surface area is 194 Å². The Bertz CT molecular complexity index is 1170. The van der Waals surface area contributed by atoms with E-state index in [0.717, 1.165) is 48.0 Å². The lowest BCUT2D eigenvalue weighted by Crippen LogP contribution is -2.43. The standard InChI is InChI=1S/C24H26BrFN4O2/c25-22-7-6-21(26)15-20(22)14-18-8-10-28(11-9-18)12-13-30-24(32)29(23(31)16-27-30)17-19-4-2-1-3-5-19/h1-7,15-16,18H,8-14,17H2. The van der Waals surface area contributed by atoms with Gasteiger partial charge in [0.2, 0.25) is 0 Å². The second kappa shape index (κ2) is 10.4. The molecule has 0 saturated carbocycles. The second-order valence-corrected chi connectivity index (χ2v) is 9.14. The van der Waals surface area contributed by atoms with Gasteiger partial charge in [0.1, 0.15) is 12.0 Å². The van der Waals surface area contributed by atoms with Gasteiger partial charge in [-0.15, -0.1) is 0 Å². The number of rotatable bonds is 7. The molecule has 0 radical (unpaired) electrons. The molecule has 0 N–H and O–H groups in total. The minimum absolute atomic E-state index is 0.202. The third-order valence-electron chi connectivity index (χ3n) is 6.06. The minimum Gasteiger partial charge on any atom is -0.301 e. The van der Waals surface area contributed by atoms with Crippen LogP contribution in [-0.2, 0) is 19.5 Å². The van der Waals surface area contributed by atoms with Crippen LogP contribution in [0.1, 0.15) is 24.0 Å². The normalized spacial score (nSPS) is 15.2. The molecule has 0 spiro atoms. The summed E-state index contributed by atoms with van der Waals surface area (Å²) >= 11 is 3.52. The third kappa shape index (κ3) is 5.61. The highest BCUT2D eigenvalue weighted by Gasteiger charge is 2.20. The van der Waals surface area contributed by atoms with E-state index < -0.39 is 0 Å². The van der Waals surface area contributed by atoms with E-state index >= 15 is 0 Å². The first-order valence-electron chi connectivity index (χ1n) is 10.9. The van der Waals surface area contributed by atoms with E-state index in [1.807, 2.05) is 30.3 Å². The maximum absolute atomic E-state index is 13.5. The summed E-state index contributed by atoms with van der Waals surface area (Å²) in [6.45, 7) is 3.23. The van der Waals surface area contributed by atoms with E-state index in [1.54, 1.807) is 12.1 Å². The van der Waals surface area contributed by atoms with Gasteiger partial charge in [-0.25, -0.2) is 13.9 Å². The van der Waals surface area contributed by atoms with Crippen LogP contribution < -0.4 is 11.2 Å². The molecule has 0 aliphatic carbocycles. The van der Waals surface area contributed by atoms with Crippen molar-refractivity contribution in [3.05, 3.63) is 97.0 Å². The maximum Gasteiger partial charge on any atom is 0.347 e. The van der Waals surface area contributed by atoms with Crippen LogP contribution in [0.25, 0.3) is 0 Å². The summed E-state index contributed by atoms with van der Waals surface area (Å²) < 4.78 is 17.1. The Morgan fingerprint density at radius 3 is 2.53 bits per heavy atom. The van der Waals surface area contributed by atoms with E-state index in [9.17, 15) is 14.0 Å². The van der Waals surface area contributed by atoms with Crippen LogP contribution in [-0.4, -0.2) is 38.9 Å². The monoisotopic (exact) mass is 500 g/mol. The lowest BCUT2D eigenvalue weighted by molar-refractivity contribution is 0.175. The zero-order valence-corrected chi connectivity index (χ0v) is 19.4. The van der Waals surface area contributed by atoms with Crippen LogP contribution in [0.15, 0.2) is 68.8 Å². The summed E-state index contributed by atoms with van der Waals surface area (Å²) in [5, 5.41) is 4.06. The molecule has 0 atom stereocenters. The fourth-order valence-corrected chi connectivity index (χ4v) is 4.61. The van der Waals surface area contributed by atoms with Gasteiger partial charge in [0, 0.05) is 11.0 Å². The SMILES string of the molecule is O=c1cnn(CCN2CCC(Cc3cc(F)ccc3Br)CC2)c(=O)n1Cc1ccccc1. The van der Waals surface area contributed by atoms with Gasteiger partial charge in [0.15, 0.2) is 0 Å². The van der Waals surface area contributed by atoms with E-state index in [4.69, 9.17) is 0 Å². The first-order chi connectivity index (χ1) is 15.5. The van der Waals surface area contributed by atoms with E-state index in [1.165, 1.54) is 21.5 Å². The predicted octanol–water partition coefficient (Wildman–Crippen LogP) is 3.31. The molecule has 1 aliphatic heterocycles. The Kier molecular flexibility index (Phi) is 7.32. The molecule has 2 aromatic carbocycles. The van der Waals surface area contributed by atoms with Crippen LogP contribution in [0.3, 0.4) is 0 Å². The maximum atomic E-state index is 13.5. The van der Waals surface area contributed by atoms with Gasteiger partial charge in [0.05, 0.1) is 13.1 Å². The average Bonchev–Trinajstić information content (AvgIpc) is 2.80. The van der Waals surface area contributed by atoms with Crippen molar-refractivity contribution in [1.82, 2.24) is 19.2 Å². The zero-order valence-electron chi connectivity index (χ0n) is 17.8. The molecule has 3 aromatic rings. The largest absolute Gasteiger partial charge is 0.347 e. The van der Waals surface area contributed by atoms with Crippen molar-refractivity contribution in [1.29, 1.82) is 0 Å². The van der Waals surface area contributed by atoms with Gasteiger partial charge in [-0.3, -0.25) is 9.36 Å². The highest BCUT2D eigenvalue weighted by Crippen LogP contribution is 2.26. The van der Waals surface area contributed by atoms with Crippen molar-refractivity contribution < 1.29 is 4.39 Å². The van der Waals surface area contributed by atoms with Crippen molar-refractivity contribution in [2.24, 2.45) is 5.92 Å². The predicted molar refractivity (Wildman–Crippen MR) is 125 cm³/mol. The lowest BCUT2D eigenvalue weighted by Gasteiger charge is -2.32. The Morgan fingerprint density at radius 2 is 1.78 bits per heavy atom. The Balaban J connectivity index is 1.33. The number of benzene rings is 2. The van der Waals surface area contributed by atoms with E-state index in [0.29, 0.717) is 19.0 Å². The molecule has 32 heavy (non-hydrogen) atoms. The third-order valence-corrected chi connectivity index (χ3v) is 6.83. The number of halogens is 2. The molecular formula is C24H26BrFN4O2. The van der Waals surface area contributed by atoms with Crippen molar-refractivity contribution in [3.63, 3.8) is 0 Å². The number of hydrogen-bond acceptors (Lipinski definition) is 4. The topological polar surface area (TPSA) is 60.1 Å². The highest BCUT2D eigenvalue weighted by molar-refractivity contribution is 9.10. The molecule has 1 aromatic heterocycles. The zero-order chi connectivity index (χ0) is 22.5. The van der Waals surface area contributed by atoms with Gasteiger partial charge in [-0.05, 0) is 67.6 Å². The molecule has 8 heteroatoms. The number of piperidine rings is 1. The van der Waals surface area contributed by atoms with E-state index in [2.05, 4.69) is 25.9 Å². The van der Waals surface area contributed by atoms with Gasteiger partial charge in [-0.1, -0.05) is 46.3 Å². The molecular weight excluding hydrogens is 475 g/mol. The van der Waals surface area contributed by atoms with Crippen molar-refractivity contribution in [2.45, 2.75) is 32.4 Å². The smallest absolute Gasteiger partial charge is 0.301 e. The van der Waals surface area contributed by atoms with Crippen LogP contribution in [0.5, 0.6) is 0 Å². The quantitative estimate of drug-likeness (QED) is 0.499. The van der Waals surface area contributed by atoms with Crippen LogP contribution in [0.2, 0.25) is 0 Å². The summed E-state index contributed by atoms with van der Waals surface area (Å²) in [6.07, 6.45) is 4.13. The van der Waals surface area contributed by atoms with Crippen LogP contribution >= 0.6 is 15.9 Å². The van der Waals surface area contributed by atoms with Gasteiger partial charge < -0.3 is 4.90 Å². The molecule has 4 rings (SSSR count). The summed E-state index contributed by atoms with van der Waals surface area (Å²) in [4.78, 5) is 27.3. The molecule has 0 bridgehead atoms. The number of aromatic nitrogens is 3. The molecule has 0 unspecified atom stereocenters. The molecule has 1 saturated heterocycles. The highest BCUT2D eigenvalue weighted by atomic mass is 79.9. The van der Waals surface area contributed by atoms with Gasteiger partial charge in [0.25, 0.3) is 5.56 Å². The Hall–Kier alpha value is -2.58. The summed E-state index contributed by atoms with van der Waals surface area (Å²) in [6, 6.07) is 14.3. The van der Waals surface area contributed by atoms with Crippen molar-refractivity contribution in [3.8, 4) is 0 Å². The lowest BCUT2D eigenvalue weighted by atomic mass is 9.90. The molecule has 1 fully saturated rings. The summed E-state index contributed by atoms with van der Waals surface area (Å²) in [7, 11) is 0. The molecule has 2 heterocycles. The van der Waals surface area contributed by atoms with Crippen molar-refractivity contribution in [2.75, 3.05) is 19.6 Å².